The van der Waals surface area contributed by atoms with Gasteiger partial charge < -0.3 is 19.8 Å². The van der Waals surface area contributed by atoms with Crippen LogP contribution < -0.4 is 15.4 Å². The Kier molecular flexibility index (Phi) is 6.42. The van der Waals surface area contributed by atoms with Crippen LogP contribution in [0.4, 0.5) is 0 Å². The summed E-state index contributed by atoms with van der Waals surface area (Å²) < 4.78 is 10.7. The number of carbonyl (C=O) groups excluding carboxylic acids is 2. The van der Waals surface area contributed by atoms with E-state index in [1.165, 1.54) is 0 Å². The van der Waals surface area contributed by atoms with Crippen LogP contribution in [0.15, 0.2) is 41.0 Å². The van der Waals surface area contributed by atoms with Crippen molar-refractivity contribution in [3.63, 3.8) is 0 Å². The van der Waals surface area contributed by atoms with Crippen molar-refractivity contribution in [2.24, 2.45) is 0 Å². The smallest absolute Gasteiger partial charge is 0.239 e. The third-order valence-corrected chi connectivity index (χ3v) is 3.63. The van der Waals surface area contributed by atoms with Gasteiger partial charge in [0.25, 0.3) is 0 Å². The summed E-state index contributed by atoms with van der Waals surface area (Å²) in [5.41, 5.74) is 2.21. The lowest BCUT2D eigenvalue weighted by Crippen LogP contribution is -2.37. The summed E-state index contributed by atoms with van der Waals surface area (Å²) in [5.74, 6) is 0.944. The highest BCUT2D eigenvalue weighted by Gasteiger charge is 2.07. The number of furan rings is 1. The van der Waals surface area contributed by atoms with Crippen molar-refractivity contribution in [1.29, 1.82) is 0 Å². The van der Waals surface area contributed by atoms with Crippen LogP contribution in [-0.2, 0) is 16.1 Å². The molecule has 128 valence electrons. The van der Waals surface area contributed by atoms with Gasteiger partial charge in [0.2, 0.25) is 11.8 Å². The van der Waals surface area contributed by atoms with Crippen LogP contribution in [-0.4, -0.2) is 25.0 Å². The first-order valence-corrected chi connectivity index (χ1v) is 7.81. The molecule has 24 heavy (non-hydrogen) atoms. The van der Waals surface area contributed by atoms with E-state index in [0.29, 0.717) is 12.3 Å². The molecule has 1 aromatic carbocycles. The van der Waals surface area contributed by atoms with E-state index in [-0.39, 0.29) is 31.4 Å². The summed E-state index contributed by atoms with van der Waals surface area (Å²) in [7, 11) is 0. The van der Waals surface area contributed by atoms with Crippen LogP contribution in [0.3, 0.4) is 0 Å². The molecule has 1 heterocycles. The van der Waals surface area contributed by atoms with Crippen LogP contribution in [0.2, 0.25) is 0 Å². The molecular weight excluding hydrogens is 308 g/mol. The van der Waals surface area contributed by atoms with Crippen LogP contribution in [0.1, 0.15) is 23.3 Å². The lowest BCUT2D eigenvalue weighted by atomic mass is 10.1. The summed E-state index contributed by atoms with van der Waals surface area (Å²) in [4.78, 5) is 23.4. The Labute approximate surface area is 141 Å². The van der Waals surface area contributed by atoms with Gasteiger partial charge in [-0.2, -0.15) is 0 Å². The highest BCUT2D eigenvalue weighted by atomic mass is 16.5. The molecule has 2 N–H and O–H groups in total. The summed E-state index contributed by atoms with van der Waals surface area (Å²) >= 11 is 0. The molecule has 0 fully saturated rings. The molecule has 0 radical (unpaired) electrons. The zero-order valence-electron chi connectivity index (χ0n) is 13.9. The average Bonchev–Trinajstić information content (AvgIpc) is 3.08. The summed E-state index contributed by atoms with van der Waals surface area (Å²) in [6, 6.07) is 9.32. The number of benzene rings is 1. The van der Waals surface area contributed by atoms with E-state index in [9.17, 15) is 9.59 Å². The zero-order chi connectivity index (χ0) is 17.4. The third-order valence-electron chi connectivity index (χ3n) is 3.63. The first kappa shape index (κ1) is 17.6. The average molecular weight is 330 g/mol. The predicted molar refractivity (Wildman–Crippen MR) is 89.6 cm³/mol. The molecule has 0 atom stereocenters. The highest BCUT2D eigenvalue weighted by molar-refractivity contribution is 5.84. The Morgan fingerprint density at radius 2 is 1.92 bits per heavy atom. The minimum atomic E-state index is -0.268. The Bertz CT molecular complexity index is 680. The number of ether oxygens (including phenoxy) is 1. The maximum atomic E-state index is 11.7. The minimum Gasteiger partial charge on any atom is -0.493 e. The number of hydrogen-bond acceptors (Lipinski definition) is 4. The minimum absolute atomic E-state index is 0.0665. The molecule has 0 spiro atoms. The number of carbonyl (C=O) groups is 2. The first-order valence-electron chi connectivity index (χ1n) is 7.81. The van der Waals surface area contributed by atoms with Crippen LogP contribution >= 0.6 is 0 Å². The standard InChI is InChI=1S/C18H22N2O4/c1-13-5-3-7-16(14(13)2)24-10-8-17(21)20-12-18(22)19-11-15-6-4-9-23-15/h3-7,9H,8,10-12H2,1-2H3,(H,19,22)(H,20,21). The second kappa shape index (κ2) is 8.76. The number of amides is 2. The zero-order valence-corrected chi connectivity index (χ0v) is 13.9. The van der Waals surface area contributed by atoms with Gasteiger partial charge in [-0.3, -0.25) is 9.59 Å². The molecule has 0 saturated carbocycles. The topological polar surface area (TPSA) is 80.6 Å². The normalized spacial score (nSPS) is 10.2. The number of aryl methyl sites for hydroxylation is 1. The molecule has 2 aromatic rings. The fourth-order valence-electron chi connectivity index (χ4n) is 2.06. The van der Waals surface area contributed by atoms with Crippen LogP contribution in [0.25, 0.3) is 0 Å². The lowest BCUT2D eigenvalue weighted by molar-refractivity contribution is -0.126. The fraction of sp³-hybridized carbons (Fsp3) is 0.333. The van der Waals surface area contributed by atoms with Crippen molar-refractivity contribution in [2.45, 2.75) is 26.8 Å². The molecule has 6 nitrogen and oxygen atoms in total. The molecule has 6 heteroatoms. The van der Waals surface area contributed by atoms with Crippen LogP contribution in [0.5, 0.6) is 5.75 Å². The monoisotopic (exact) mass is 330 g/mol. The molecule has 0 aliphatic heterocycles. The second-order valence-electron chi connectivity index (χ2n) is 5.43. The number of hydrogen-bond donors (Lipinski definition) is 2. The Morgan fingerprint density at radius 1 is 1.08 bits per heavy atom. The van der Waals surface area contributed by atoms with E-state index in [1.54, 1.807) is 18.4 Å². The van der Waals surface area contributed by atoms with Gasteiger partial charge in [-0.25, -0.2) is 0 Å². The molecule has 0 aliphatic carbocycles. The molecule has 2 rings (SSSR count). The van der Waals surface area contributed by atoms with Crippen molar-refractivity contribution in [2.75, 3.05) is 13.2 Å². The van der Waals surface area contributed by atoms with Gasteiger partial charge >= 0.3 is 0 Å². The quantitative estimate of drug-likeness (QED) is 0.777. The van der Waals surface area contributed by atoms with E-state index in [4.69, 9.17) is 9.15 Å². The molecule has 0 unspecified atom stereocenters. The van der Waals surface area contributed by atoms with Gasteiger partial charge in [-0.05, 0) is 43.2 Å². The van der Waals surface area contributed by atoms with E-state index in [1.807, 2.05) is 32.0 Å². The lowest BCUT2D eigenvalue weighted by Gasteiger charge is -2.11. The van der Waals surface area contributed by atoms with E-state index in [2.05, 4.69) is 10.6 Å². The van der Waals surface area contributed by atoms with Crippen molar-refractivity contribution in [3.05, 3.63) is 53.5 Å². The Balaban J connectivity index is 1.62. The maximum Gasteiger partial charge on any atom is 0.239 e. The molecule has 1 aromatic heterocycles. The van der Waals surface area contributed by atoms with Gasteiger partial charge in [0, 0.05) is 0 Å². The predicted octanol–water partition coefficient (Wildman–Crippen LogP) is 2.10. The van der Waals surface area contributed by atoms with E-state index < -0.39 is 0 Å². The third kappa shape index (κ3) is 5.46. The van der Waals surface area contributed by atoms with Gasteiger partial charge in [0.1, 0.15) is 11.5 Å². The van der Waals surface area contributed by atoms with Gasteiger partial charge in [-0.1, -0.05) is 12.1 Å². The van der Waals surface area contributed by atoms with E-state index >= 15 is 0 Å². The molecule has 0 saturated heterocycles. The number of rotatable bonds is 8. The summed E-state index contributed by atoms with van der Waals surface area (Å²) in [6.45, 7) is 4.49. The summed E-state index contributed by atoms with van der Waals surface area (Å²) in [6.07, 6.45) is 1.73. The summed E-state index contributed by atoms with van der Waals surface area (Å²) in [5, 5.41) is 5.22. The highest BCUT2D eigenvalue weighted by Crippen LogP contribution is 2.20. The van der Waals surface area contributed by atoms with Crippen molar-refractivity contribution in [1.82, 2.24) is 10.6 Å². The maximum absolute atomic E-state index is 11.7. The SMILES string of the molecule is Cc1cccc(OCCC(=O)NCC(=O)NCc2ccco2)c1C. The molecule has 0 bridgehead atoms. The second-order valence-corrected chi connectivity index (χ2v) is 5.43. The Morgan fingerprint density at radius 3 is 2.67 bits per heavy atom. The Hall–Kier alpha value is -2.76. The van der Waals surface area contributed by atoms with Gasteiger partial charge in [-0.15, -0.1) is 0 Å². The molecule has 0 aliphatic rings. The van der Waals surface area contributed by atoms with Crippen molar-refractivity contribution in [3.8, 4) is 5.75 Å². The molecular formula is C18H22N2O4. The largest absolute Gasteiger partial charge is 0.493 e. The first-order chi connectivity index (χ1) is 11.6. The molecule has 2 amide bonds. The fourth-order valence-corrected chi connectivity index (χ4v) is 2.06. The van der Waals surface area contributed by atoms with Crippen molar-refractivity contribution >= 4 is 11.8 Å². The van der Waals surface area contributed by atoms with Crippen molar-refractivity contribution < 1.29 is 18.7 Å². The van der Waals surface area contributed by atoms with Crippen LogP contribution in [0, 0.1) is 13.8 Å². The number of nitrogens with one attached hydrogen (secondary N) is 2. The van der Waals surface area contributed by atoms with Gasteiger partial charge in [0.05, 0.1) is 32.4 Å². The van der Waals surface area contributed by atoms with Gasteiger partial charge in [0.15, 0.2) is 0 Å². The van der Waals surface area contributed by atoms with E-state index in [0.717, 1.165) is 16.9 Å².